The molecule has 1 aliphatic carbocycles. The Morgan fingerprint density at radius 1 is 1.08 bits per heavy atom. The summed E-state index contributed by atoms with van der Waals surface area (Å²) in [5.41, 5.74) is 5.46. The number of esters is 1. The largest absolute Gasteiger partial charge is 0.619 e. The normalized spacial score (nSPS) is 13.3. The van der Waals surface area contributed by atoms with Crippen molar-refractivity contribution >= 4 is 56.7 Å². The van der Waals surface area contributed by atoms with Crippen molar-refractivity contribution < 1.29 is 55.3 Å². The molecule has 1 saturated carbocycles. The maximum atomic E-state index is 13.2. The zero-order valence-electron chi connectivity index (χ0n) is 26.6. The van der Waals surface area contributed by atoms with Crippen molar-refractivity contribution in [1.29, 1.82) is 0 Å². The molecule has 1 unspecified atom stereocenters. The highest BCUT2D eigenvalue weighted by Crippen LogP contribution is 2.38. The molecule has 0 aliphatic heterocycles. The number of alkyl halides is 2. The van der Waals surface area contributed by atoms with Gasteiger partial charge in [0.1, 0.15) is 35.0 Å². The molecular formula is C31H32Cl2F2N4O10S. The summed E-state index contributed by atoms with van der Waals surface area (Å²) in [6.07, 6.45) is 3.39. The van der Waals surface area contributed by atoms with Crippen molar-refractivity contribution in [2.24, 2.45) is 11.7 Å². The average Bonchev–Trinajstić information content (AvgIpc) is 3.86. The summed E-state index contributed by atoms with van der Waals surface area (Å²) in [6.45, 7) is -4.32. The van der Waals surface area contributed by atoms with E-state index in [0.717, 1.165) is 37.6 Å². The number of primary amides is 1. The number of ether oxygens (including phenoxy) is 4. The summed E-state index contributed by atoms with van der Waals surface area (Å²) >= 11 is 12.6. The lowest BCUT2D eigenvalue weighted by atomic mass is 10.0. The van der Waals surface area contributed by atoms with Gasteiger partial charge in [0.2, 0.25) is 15.9 Å². The van der Waals surface area contributed by atoms with Crippen LogP contribution in [0.15, 0.2) is 48.8 Å². The number of sulfonamides is 1. The monoisotopic (exact) mass is 760 g/mol. The predicted octanol–water partition coefficient (Wildman–Crippen LogP) is 3.53. The van der Waals surface area contributed by atoms with Crippen molar-refractivity contribution in [3.63, 3.8) is 0 Å². The van der Waals surface area contributed by atoms with E-state index >= 15 is 0 Å². The third kappa shape index (κ3) is 10.4. The maximum absolute atomic E-state index is 13.2. The highest BCUT2D eigenvalue weighted by molar-refractivity contribution is 7.92. The van der Waals surface area contributed by atoms with Gasteiger partial charge in [0.25, 0.3) is 5.91 Å². The molecule has 50 heavy (non-hydrogen) atoms. The zero-order valence-corrected chi connectivity index (χ0v) is 28.9. The predicted molar refractivity (Wildman–Crippen MR) is 176 cm³/mol. The number of nitrogens with two attached hydrogens (primary N) is 1. The van der Waals surface area contributed by atoms with E-state index in [1.54, 1.807) is 0 Å². The summed E-state index contributed by atoms with van der Waals surface area (Å²) in [6, 6.07) is 7.69. The number of amides is 2. The topological polar surface area (TPSA) is 190 Å². The summed E-state index contributed by atoms with van der Waals surface area (Å²) in [7, 11) is -2.79. The van der Waals surface area contributed by atoms with Gasteiger partial charge in [-0.2, -0.15) is 13.5 Å². The molecule has 3 aromatic rings. The van der Waals surface area contributed by atoms with Crippen molar-refractivity contribution in [2.75, 3.05) is 37.4 Å². The Morgan fingerprint density at radius 3 is 2.32 bits per heavy atom. The third-order valence-corrected chi connectivity index (χ3v) is 9.03. The Bertz CT molecular complexity index is 1840. The molecule has 1 aliphatic rings. The molecule has 0 radical (unpaired) electrons. The van der Waals surface area contributed by atoms with E-state index in [1.165, 1.54) is 37.4 Å². The molecular weight excluding hydrogens is 729 g/mol. The third-order valence-electron chi connectivity index (χ3n) is 7.25. The molecule has 1 aromatic heterocycles. The fourth-order valence-electron chi connectivity index (χ4n) is 4.67. The van der Waals surface area contributed by atoms with Crippen LogP contribution in [0.25, 0.3) is 0 Å². The van der Waals surface area contributed by atoms with Gasteiger partial charge in [0, 0.05) is 17.5 Å². The molecule has 3 N–H and O–H groups in total. The van der Waals surface area contributed by atoms with Crippen LogP contribution in [0.4, 0.5) is 14.5 Å². The van der Waals surface area contributed by atoms with Crippen LogP contribution in [0.5, 0.6) is 17.2 Å². The van der Waals surface area contributed by atoms with E-state index in [9.17, 15) is 36.8 Å². The second-order valence-electron chi connectivity index (χ2n) is 11.1. The first kappa shape index (κ1) is 38.2. The van der Waals surface area contributed by atoms with Crippen LogP contribution < -0.4 is 34.3 Å². The number of nitrogens with zero attached hydrogens (tertiary/aromatic N) is 2. The fourth-order valence-corrected chi connectivity index (χ4v) is 6.13. The van der Waals surface area contributed by atoms with Gasteiger partial charge in [0.15, 0.2) is 23.9 Å². The molecule has 2 aromatic carbocycles. The number of methoxy groups -OCH3 is 1. The quantitative estimate of drug-likeness (QED) is 0.117. The second-order valence-corrected chi connectivity index (χ2v) is 13.8. The van der Waals surface area contributed by atoms with Gasteiger partial charge in [0.05, 0.1) is 25.7 Å². The number of benzene rings is 2. The number of anilines is 1. The number of pyridine rings is 1. The number of hydrogen-bond acceptors (Lipinski definition) is 10. The summed E-state index contributed by atoms with van der Waals surface area (Å²) in [5.74, 6) is -2.74. The molecule has 0 saturated heterocycles. The lowest BCUT2D eigenvalue weighted by Gasteiger charge is -2.23. The highest BCUT2D eigenvalue weighted by atomic mass is 35.5. The van der Waals surface area contributed by atoms with Gasteiger partial charge in [-0.05, 0) is 54.7 Å². The molecule has 1 atom stereocenters. The molecule has 1 heterocycles. The number of aromatic nitrogens is 1. The van der Waals surface area contributed by atoms with E-state index in [1.807, 2.05) is 0 Å². The summed E-state index contributed by atoms with van der Waals surface area (Å²) in [4.78, 5) is 37.8. The zero-order chi connectivity index (χ0) is 36.7. The second kappa shape index (κ2) is 16.4. The van der Waals surface area contributed by atoms with Crippen LogP contribution in [0.2, 0.25) is 10.0 Å². The van der Waals surface area contributed by atoms with E-state index in [0.29, 0.717) is 9.04 Å². The Labute approximate surface area is 295 Å². The van der Waals surface area contributed by atoms with Crippen LogP contribution in [-0.4, -0.2) is 65.9 Å². The first-order valence-electron chi connectivity index (χ1n) is 14.8. The molecule has 1 fully saturated rings. The minimum absolute atomic E-state index is 0.0154. The average molecular weight is 762 g/mol. The van der Waals surface area contributed by atoms with Crippen LogP contribution in [0, 0.1) is 11.1 Å². The minimum Gasteiger partial charge on any atom is -0.619 e. The Kier molecular flexibility index (Phi) is 12.5. The molecule has 270 valence electrons. The van der Waals surface area contributed by atoms with Crippen molar-refractivity contribution in [3.05, 3.63) is 80.7 Å². The van der Waals surface area contributed by atoms with Gasteiger partial charge in [-0.15, -0.1) is 0 Å². The molecule has 14 nitrogen and oxygen atoms in total. The van der Waals surface area contributed by atoms with Gasteiger partial charge in [-0.25, -0.2) is 8.42 Å². The highest BCUT2D eigenvalue weighted by Gasteiger charge is 2.28. The van der Waals surface area contributed by atoms with Crippen molar-refractivity contribution in [3.8, 4) is 17.2 Å². The number of rotatable bonds is 17. The molecule has 19 heteroatoms. The molecule has 2 amide bonds. The van der Waals surface area contributed by atoms with Crippen molar-refractivity contribution in [1.82, 2.24) is 5.32 Å². The Hall–Kier alpha value is -4.61. The number of halogens is 4. The van der Waals surface area contributed by atoms with Crippen LogP contribution in [0.3, 0.4) is 0 Å². The van der Waals surface area contributed by atoms with Gasteiger partial charge < -0.3 is 35.2 Å². The van der Waals surface area contributed by atoms with Gasteiger partial charge in [-0.1, -0.05) is 29.3 Å². The van der Waals surface area contributed by atoms with Crippen molar-refractivity contribution in [2.45, 2.75) is 32.0 Å². The SMILES string of the molecule is COc1ccc(C(=O)NCC(=O)OC(Cc2c(Cl)c[n+]([O-])cc2Cl)c2ccc(OC(F)F)c(OCC3CC3)c2)cc1N(CC(N)=O)S(C)(=O)=O. The number of nitrogens with one attached hydrogen (secondary N) is 1. The number of carbonyl (C=O) groups is 3. The van der Waals surface area contributed by atoms with Crippen LogP contribution >= 0.6 is 23.2 Å². The smallest absolute Gasteiger partial charge is 0.387 e. The van der Waals surface area contributed by atoms with E-state index in [-0.39, 0.29) is 68.6 Å². The number of hydrogen-bond donors (Lipinski definition) is 2. The van der Waals surface area contributed by atoms with Crippen LogP contribution in [-0.2, 0) is 30.8 Å². The fraction of sp³-hybridized carbons (Fsp3) is 0.355. The van der Waals surface area contributed by atoms with E-state index in [2.05, 4.69) is 10.1 Å². The molecule has 0 spiro atoms. The Morgan fingerprint density at radius 2 is 1.74 bits per heavy atom. The first-order chi connectivity index (χ1) is 23.5. The van der Waals surface area contributed by atoms with E-state index in [4.69, 9.17) is 43.1 Å². The van der Waals surface area contributed by atoms with Gasteiger partial charge >= 0.3 is 12.6 Å². The lowest BCUT2D eigenvalue weighted by molar-refractivity contribution is -0.605. The lowest BCUT2D eigenvalue weighted by Crippen LogP contribution is -2.38. The first-order valence-corrected chi connectivity index (χ1v) is 17.4. The summed E-state index contributed by atoms with van der Waals surface area (Å²) < 4.78 is 73.4. The van der Waals surface area contributed by atoms with E-state index < -0.39 is 53.6 Å². The standard InChI is InChI=1S/C31H32Cl2F2N4O10S/c1-46-24-7-6-19(9-23(24)39(15-28(36)40)50(2,44)45)30(42)37-12-29(41)48-26(11-20-21(32)13-38(43)14-22(20)33)18-5-8-25(49-31(34)35)27(10-18)47-16-17-3-4-17/h5-10,13-14,17,26,31H,3-4,11-12,15-16H2,1-2H3,(H2,36,40)(H,37,42). The molecule has 4 rings (SSSR count). The summed E-state index contributed by atoms with van der Waals surface area (Å²) in [5, 5.41) is 14.1. The number of carbonyl (C=O) groups excluding carboxylic acids is 3. The van der Waals surface area contributed by atoms with Gasteiger partial charge in [-0.3, -0.25) is 18.7 Å². The Balaban J connectivity index is 1.58. The maximum Gasteiger partial charge on any atom is 0.387 e. The minimum atomic E-state index is -4.05. The van der Waals surface area contributed by atoms with Crippen LogP contribution in [0.1, 0.15) is 40.4 Å². The molecule has 0 bridgehead atoms.